The number of alkyl carbamates (subject to hydrolysis) is 1. The molecule has 15 nitrogen and oxygen atoms in total. The number of aromatic nitrogens is 3. The molecule has 4 heterocycles. The fraction of sp³-hybridized carbons (Fsp3) is 0.455. The van der Waals surface area contributed by atoms with Gasteiger partial charge in [0, 0.05) is 55.2 Å². The van der Waals surface area contributed by atoms with Crippen LogP contribution in [0, 0.1) is 5.92 Å². The van der Waals surface area contributed by atoms with Gasteiger partial charge in [-0.3, -0.25) is 9.59 Å². The Hall–Kier alpha value is -6.33. The van der Waals surface area contributed by atoms with Crippen molar-refractivity contribution in [3.05, 3.63) is 78.4 Å². The Morgan fingerprint density at radius 3 is 2.23 bits per heavy atom. The molecule has 0 aliphatic carbocycles. The quantitative estimate of drug-likeness (QED) is 0.141. The number of pyridine rings is 1. The number of ether oxygens (including phenoxy) is 3. The van der Waals surface area contributed by atoms with Gasteiger partial charge in [-0.25, -0.2) is 19.6 Å². The van der Waals surface area contributed by atoms with Crippen LogP contribution in [-0.2, 0) is 14.3 Å². The van der Waals surface area contributed by atoms with Gasteiger partial charge in [0.15, 0.2) is 0 Å². The lowest BCUT2D eigenvalue weighted by atomic mass is 10.0. The van der Waals surface area contributed by atoms with Crippen molar-refractivity contribution in [3.8, 4) is 28.1 Å². The molecule has 0 spiro atoms. The molecule has 2 fully saturated rings. The van der Waals surface area contributed by atoms with E-state index in [-0.39, 0.29) is 52.9 Å². The molecule has 0 saturated carbocycles. The maximum Gasteiger partial charge on any atom is 0.573 e. The van der Waals surface area contributed by atoms with E-state index in [4.69, 9.17) is 9.47 Å². The molecule has 2 aromatic heterocycles. The van der Waals surface area contributed by atoms with Crippen molar-refractivity contribution >= 4 is 35.5 Å². The molecule has 4 amide bonds. The third kappa shape index (κ3) is 10.8. The van der Waals surface area contributed by atoms with Crippen molar-refractivity contribution in [1.29, 1.82) is 0 Å². The predicted octanol–water partition coefficient (Wildman–Crippen LogP) is 8.17. The Morgan fingerprint density at radius 1 is 0.887 bits per heavy atom. The zero-order valence-corrected chi connectivity index (χ0v) is 36.0. The number of nitrogens with one attached hydrogen (secondary N) is 3. The summed E-state index contributed by atoms with van der Waals surface area (Å²) < 4.78 is 55.9. The molecule has 2 unspecified atom stereocenters. The van der Waals surface area contributed by atoms with Gasteiger partial charge in [-0.05, 0) is 88.8 Å². The van der Waals surface area contributed by atoms with Crippen LogP contribution in [0.4, 0.5) is 34.3 Å². The van der Waals surface area contributed by atoms with E-state index in [9.17, 15) is 32.3 Å². The number of likely N-dealkylation sites (tertiary alicyclic amines) is 1. The first kappa shape index (κ1) is 45.2. The zero-order valence-electron chi connectivity index (χ0n) is 36.0. The standard InChI is InChI=1S/C44H53F3N8O7/c1-25(2)37(52-41(58)60-8)40(57)53-19-9-10-34(53)38-49-22-33(51-38)29-13-11-28(12-14-29)32-17-16-31(20-35(32)61-44(45,46)47)50-39(56)30-15-18-36(48-21-30)54-23-27(4)55(24-26(54)3)42(59)62-43(5,6)7/h11-18,20-22,25-27,34,37H,9-10,19,23-24H2,1-8H3,(H,49,51)(H,50,56)(H,52,58)/t26-,27+,34?,37?/m1/s1. The van der Waals surface area contributed by atoms with Gasteiger partial charge in [0.2, 0.25) is 5.91 Å². The average molecular weight is 863 g/mol. The Labute approximate surface area is 358 Å². The molecular weight excluding hydrogens is 810 g/mol. The second-order valence-corrected chi connectivity index (χ2v) is 16.9. The number of carbonyl (C=O) groups is 4. The van der Waals surface area contributed by atoms with E-state index in [1.807, 2.05) is 53.4 Å². The van der Waals surface area contributed by atoms with Crippen LogP contribution in [0.5, 0.6) is 5.75 Å². The maximum absolute atomic E-state index is 13.7. The minimum absolute atomic E-state index is 0.0737. The molecule has 0 radical (unpaired) electrons. The predicted molar refractivity (Wildman–Crippen MR) is 225 cm³/mol. The number of rotatable bonds is 10. The van der Waals surface area contributed by atoms with E-state index in [0.717, 1.165) is 12.5 Å². The highest BCUT2D eigenvalue weighted by Gasteiger charge is 2.38. The first-order valence-electron chi connectivity index (χ1n) is 20.5. The second kappa shape index (κ2) is 18.3. The molecule has 2 aliphatic rings. The van der Waals surface area contributed by atoms with Gasteiger partial charge in [-0.15, -0.1) is 13.2 Å². The van der Waals surface area contributed by atoms with E-state index in [2.05, 4.69) is 30.3 Å². The van der Waals surface area contributed by atoms with Crippen LogP contribution in [0.25, 0.3) is 22.4 Å². The first-order chi connectivity index (χ1) is 29.2. The highest BCUT2D eigenvalue weighted by Crippen LogP contribution is 2.38. The normalized spacial score (nSPS) is 18.6. The lowest BCUT2D eigenvalue weighted by Crippen LogP contribution is -2.59. The van der Waals surface area contributed by atoms with Gasteiger partial charge in [0.1, 0.15) is 29.0 Å². The summed E-state index contributed by atoms with van der Waals surface area (Å²) in [5.41, 5.74) is 1.53. The summed E-state index contributed by atoms with van der Waals surface area (Å²) in [6.07, 6.45) is -1.66. The molecule has 4 aromatic rings. The minimum Gasteiger partial charge on any atom is -0.453 e. The SMILES string of the molecule is COC(=O)NC(C(=O)N1CCCC1c1ncc(-c2ccc(-c3ccc(NC(=O)c4ccc(N5C[C@H](C)N(C(=O)OC(C)(C)C)C[C@H]5C)nc4)cc3OC(F)(F)F)cc2)[nH]1)C(C)C. The summed E-state index contributed by atoms with van der Waals surface area (Å²) in [5, 5.41) is 5.28. The van der Waals surface area contributed by atoms with Crippen LogP contribution < -0.4 is 20.3 Å². The highest BCUT2D eigenvalue weighted by atomic mass is 19.4. The number of anilines is 2. The number of aromatic amines is 1. The maximum atomic E-state index is 13.7. The van der Waals surface area contributed by atoms with Crippen molar-refractivity contribution in [3.63, 3.8) is 0 Å². The summed E-state index contributed by atoms with van der Waals surface area (Å²) >= 11 is 0. The Balaban J connectivity index is 1.13. The molecule has 2 saturated heterocycles. The van der Waals surface area contributed by atoms with Crippen molar-refractivity contribution in [2.24, 2.45) is 5.92 Å². The number of benzene rings is 2. The van der Waals surface area contributed by atoms with E-state index in [1.165, 1.54) is 25.4 Å². The molecule has 3 N–H and O–H groups in total. The largest absolute Gasteiger partial charge is 0.573 e. The summed E-state index contributed by atoms with van der Waals surface area (Å²) in [6.45, 7) is 14.4. The third-order valence-electron chi connectivity index (χ3n) is 10.7. The number of nitrogens with zero attached hydrogens (tertiary/aromatic N) is 5. The fourth-order valence-corrected chi connectivity index (χ4v) is 7.64. The first-order valence-corrected chi connectivity index (χ1v) is 20.5. The lowest BCUT2D eigenvalue weighted by Gasteiger charge is -2.44. The monoisotopic (exact) mass is 862 g/mol. The van der Waals surface area contributed by atoms with Crippen molar-refractivity contribution in [1.82, 2.24) is 30.1 Å². The number of piperazine rings is 1. The fourth-order valence-electron chi connectivity index (χ4n) is 7.64. The molecule has 2 aliphatic heterocycles. The van der Waals surface area contributed by atoms with Gasteiger partial charge in [0.25, 0.3) is 5.91 Å². The Morgan fingerprint density at radius 2 is 1.60 bits per heavy atom. The van der Waals surface area contributed by atoms with E-state index < -0.39 is 35.8 Å². The number of amides is 4. The van der Waals surface area contributed by atoms with E-state index in [1.54, 1.807) is 52.4 Å². The lowest BCUT2D eigenvalue weighted by molar-refractivity contribution is -0.274. The molecule has 6 rings (SSSR count). The average Bonchev–Trinajstić information content (AvgIpc) is 3.90. The third-order valence-corrected chi connectivity index (χ3v) is 10.7. The van der Waals surface area contributed by atoms with Crippen molar-refractivity contribution in [2.45, 2.75) is 97.4 Å². The molecule has 18 heteroatoms. The van der Waals surface area contributed by atoms with Gasteiger partial charge in [0.05, 0.1) is 30.6 Å². The molecule has 332 valence electrons. The number of halogens is 3. The summed E-state index contributed by atoms with van der Waals surface area (Å²) in [6, 6.07) is 12.7. The molecule has 0 bridgehead atoms. The number of hydrogen-bond acceptors (Lipinski definition) is 10. The second-order valence-electron chi connectivity index (χ2n) is 16.9. The molecular formula is C44H53F3N8O7. The zero-order chi connectivity index (χ0) is 45.1. The number of imidazole rings is 1. The number of methoxy groups -OCH3 is 1. The van der Waals surface area contributed by atoms with Crippen LogP contribution in [-0.4, -0.2) is 106 Å². The smallest absolute Gasteiger partial charge is 0.453 e. The van der Waals surface area contributed by atoms with E-state index in [0.29, 0.717) is 54.5 Å². The van der Waals surface area contributed by atoms with E-state index >= 15 is 0 Å². The molecule has 2 aromatic carbocycles. The number of hydrogen-bond donors (Lipinski definition) is 3. The van der Waals surface area contributed by atoms with Crippen LogP contribution in [0.2, 0.25) is 0 Å². The minimum atomic E-state index is -5.02. The van der Waals surface area contributed by atoms with Gasteiger partial charge < -0.3 is 44.5 Å². The van der Waals surface area contributed by atoms with Crippen LogP contribution in [0.15, 0.2) is 67.0 Å². The molecule has 62 heavy (non-hydrogen) atoms. The highest BCUT2D eigenvalue weighted by molar-refractivity contribution is 6.04. The summed E-state index contributed by atoms with van der Waals surface area (Å²) in [7, 11) is 1.24. The topological polar surface area (TPSA) is 171 Å². The Kier molecular flexibility index (Phi) is 13.4. The number of alkyl halides is 3. The summed E-state index contributed by atoms with van der Waals surface area (Å²) in [5.74, 6) is -0.349. The van der Waals surface area contributed by atoms with Crippen molar-refractivity contribution in [2.75, 3.05) is 37.0 Å². The summed E-state index contributed by atoms with van der Waals surface area (Å²) in [4.78, 5) is 69.4. The van der Waals surface area contributed by atoms with Gasteiger partial charge in [-0.2, -0.15) is 0 Å². The van der Waals surface area contributed by atoms with Crippen molar-refractivity contribution < 1.29 is 46.6 Å². The number of carbonyl (C=O) groups excluding carboxylic acids is 4. The van der Waals surface area contributed by atoms with Crippen LogP contribution >= 0.6 is 0 Å². The van der Waals surface area contributed by atoms with Crippen LogP contribution in [0.1, 0.15) is 83.5 Å². The Bertz CT molecular complexity index is 2240. The molecule has 4 atom stereocenters. The number of H-pyrrole nitrogens is 1. The van der Waals surface area contributed by atoms with Crippen LogP contribution in [0.3, 0.4) is 0 Å². The van der Waals surface area contributed by atoms with Gasteiger partial charge in [-0.1, -0.05) is 38.1 Å². The van der Waals surface area contributed by atoms with Gasteiger partial charge >= 0.3 is 18.5 Å².